The Bertz CT molecular complexity index is 904. The van der Waals surface area contributed by atoms with Crippen LogP contribution in [0.3, 0.4) is 0 Å². The van der Waals surface area contributed by atoms with Crippen molar-refractivity contribution in [3.8, 4) is 0 Å². The van der Waals surface area contributed by atoms with Crippen LogP contribution in [-0.4, -0.2) is 22.2 Å². The quantitative estimate of drug-likeness (QED) is 0.826. The van der Waals surface area contributed by atoms with Gasteiger partial charge in [-0.25, -0.2) is 9.38 Å². The van der Waals surface area contributed by atoms with Gasteiger partial charge in [0.1, 0.15) is 11.1 Å². The molecule has 0 bridgehead atoms. The van der Waals surface area contributed by atoms with Crippen LogP contribution in [0.25, 0.3) is 0 Å². The lowest BCUT2D eigenvalue weighted by Crippen LogP contribution is -2.28. The largest absolute Gasteiger partial charge is 0.326 e. The maximum Gasteiger partial charge on any atom is 0.240 e. The number of nitrogens with one attached hydrogen (secondary N) is 2. The van der Waals surface area contributed by atoms with Gasteiger partial charge in [0.05, 0.1) is 10.7 Å². The monoisotopic (exact) mass is 391 g/mol. The molecule has 1 saturated heterocycles. The topological polar surface area (TPSA) is 70.6 Å². The van der Waals surface area contributed by atoms with Crippen LogP contribution in [0.15, 0.2) is 47.5 Å². The van der Waals surface area contributed by atoms with Crippen molar-refractivity contribution in [2.75, 3.05) is 5.32 Å². The third-order valence-electron chi connectivity index (χ3n) is 3.58. The molecule has 1 aliphatic heterocycles. The number of aliphatic imine (C=N–C) groups is 1. The molecule has 0 radical (unpaired) electrons. The van der Waals surface area contributed by atoms with E-state index in [4.69, 9.17) is 11.6 Å². The molecule has 26 heavy (non-hydrogen) atoms. The summed E-state index contributed by atoms with van der Waals surface area (Å²) in [6.45, 7) is 1.96. The minimum absolute atomic E-state index is 0.0294. The van der Waals surface area contributed by atoms with Gasteiger partial charge < -0.3 is 10.6 Å². The number of amidine groups is 1. The summed E-state index contributed by atoms with van der Waals surface area (Å²) in [4.78, 5) is 28.6. The number of carbonyl (C=O) groups excluding carboxylic acids is 2. The van der Waals surface area contributed by atoms with Crippen molar-refractivity contribution in [3.05, 3.63) is 58.9 Å². The van der Waals surface area contributed by atoms with E-state index < -0.39 is 11.1 Å². The summed E-state index contributed by atoms with van der Waals surface area (Å²) < 4.78 is 13.1. The standard InChI is InChI=1S/C18H15ClFN3O2S/c1-10-3-2-4-11(7-10)22-18-23-17(25)15(26-18)9-16(24)21-12-5-6-14(20)13(19)8-12/h2-8,15H,9H2,1H3,(H,21,24)(H,22,23,25)/t15-/m1/s1. The van der Waals surface area contributed by atoms with E-state index in [-0.39, 0.29) is 23.3 Å². The van der Waals surface area contributed by atoms with Gasteiger partial charge in [0.2, 0.25) is 11.8 Å². The lowest BCUT2D eigenvalue weighted by Gasteiger charge is -2.08. The lowest BCUT2D eigenvalue weighted by molar-refractivity contribution is -0.122. The van der Waals surface area contributed by atoms with Gasteiger partial charge in [-0.2, -0.15) is 0 Å². The number of aryl methyl sites for hydroxylation is 1. The number of nitrogens with zero attached hydrogens (tertiary/aromatic N) is 1. The van der Waals surface area contributed by atoms with Gasteiger partial charge in [0.15, 0.2) is 5.17 Å². The molecule has 0 aliphatic carbocycles. The summed E-state index contributed by atoms with van der Waals surface area (Å²) in [5.74, 6) is -1.20. The predicted octanol–water partition coefficient (Wildman–Crippen LogP) is 4.04. The summed E-state index contributed by atoms with van der Waals surface area (Å²) in [5.41, 5.74) is 2.17. The molecule has 1 fully saturated rings. The molecule has 2 aromatic rings. The molecule has 0 unspecified atom stereocenters. The van der Waals surface area contributed by atoms with Crippen molar-refractivity contribution < 1.29 is 14.0 Å². The average Bonchev–Trinajstić information content (AvgIpc) is 2.90. The maximum absolute atomic E-state index is 13.1. The number of rotatable bonds is 4. The normalized spacial score (nSPS) is 18.0. The number of thioether (sulfide) groups is 1. The Labute approximate surface area is 159 Å². The van der Waals surface area contributed by atoms with E-state index in [0.717, 1.165) is 11.3 Å². The molecule has 8 heteroatoms. The fraction of sp³-hybridized carbons (Fsp3) is 0.167. The van der Waals surface area contributed by atoms with Crippen LogP contribution in [0.1, 0.15) is 12.0 Å². The number of anilines is 1. The second kappa shape index (κ2) is 7.88. The van der Waals surface area contributed by atoms with E-state index in [9.17, 15) is 14.0 Å². The molecule has 2 amide bonds. The highest BCUT2D eigenvalue weighted by atomic mass is 35.5. The van der Waals surface area contributed by atoms with Crippen LogP contribution < -0.4 is 10.6 Å². The minimum atomic E-state index is -0.575. The summed E-state index contributed by atoms with van der Waals surface area (Å²) in [7, 11) is 0. The molecule has 2 N–H and O–H groups in total. The van der Waals surface area contributed by atoms with Crippen LogP contribution in [0.2, 0.25) is 5.02 Å². The van der Waals surface area contributed by atoms with Gasteiger partial charge in [-0.3, -0.25) is 9.59 Å². The fourth-order valence-corrected chi connectivity index (χ4v) is 3.53. The zero-order valence-corrected chi connectivity index (χ0v) is 15.3. The molecule has 0 spiro atoms. The van der Waals surface area contributed by atoms with Crippen molar-refractivity contribution >= 4 is 51.7 Å². The zero-order valence-electron chi connectivity index (χ0n) is 13.8. The molecule has 1 aliphatic rings. The number of carbonyl (C=O) groups is 2. The molecule has 1 heterocycles. The highest BCUT2D eigenvalue weighted by molar-refractivity contribution is 8.15. The van der Waals surface area contributed by atoms with Gasteiger partial charge in [0, 0.05) is 12.1 Å². The third kappa shape index (κ3) is 4.62. The Kier molecular flexibility index (Phi) is 5.58. The first-order chi connectivity index (χ1) is 12.4. The van der Waals surface area contributed by atoms with Crippen LogP contribution in [0.5, 0.6) is 0 Å². The number of halogens is 2. The van der Waals surface area contributed by atoms with Crippen molar-refractivity contribution in [1.29, 1.82) is 0 Å². The number of hydrogen-bond donors (Lipinski definition) is 2. The summed E-state index contributed by atoms with van der Waals surface area (Å²) in [6.07, 6.45) is -0.0294. The van der Waals surface area contributed by atoms with E-state index in [0.29, 0.717) is 10.9 Å². The Morgan fingerprint density at radius 3 is 2.88 bits per heavy atom. The predicted molar refractivity (Wildman–Crippen MR) is 102 cm³/mol. The van der Waals surface area contributed by atoms with Gasteiger partial charge in [-0.05, 0) is 42.8 Å². The fourth-order valence-electron chi connectivity index (χ4n) is 2.36. The number of amides is 2. The molecule has 0 saturated carbocycles. The summed E-state index contributed by atoms with van der Waals surface area (Å²) >= 11 is 6.89. The lowest BCUT2D eigenvalue weighted by atomic mass is 10.2. The second-order valence-electron chi connectivity index (χ2n) is 5.73. The average molecular weight is 392 g/mol. The number of benzene rings is 2. The highest BCUT2D eigenvalue weighted by Crippen LogP contribution is 2.26. The van der Waals surface area contributed by atoms with Crippen molar-refractivity contribution in [2.45, 2.75) is 18.6 Å². The van der Waals surface area contributed by atoms with Crippen LogP contribution in [0.4, 0.5) is 15.8 Å². The Morgan fingerprint density at radius 2 is 2.15 bits per heavy atom. The SMILES string of the molecule is Cc1cccc(N=C2NC(=O)[C@@H](CC(=O)Nc3ccc(F)c(Cl)c3)S2)c1. The highest BCUT2D eigenvalue weighted by Gasteiger charge is 2.32. The molecule has 1 atom stereocenters. The van der Waals surface area contributed by atoms with E-state index >= 15 is 0 Å². The first-order valence-electron chi connectivity index (χ1n) is 7.78. The Hall–Kier alpha value is -2.38. The Balaban J connectivity index is 1.62. The molecular weight excluding hydrogens is 377 g/mol. The van der Waals surface area contributed by atoms with E-state index in [2.05, 4.69) is 15.6 Å². The first-order valence-corrected chi connectivity index (χ1v) is 9.04. The van der Waals surface area contributed by atoms with E-state index in [1.54, 1.807) is 0 Å². The molecular formula is C18H15ClFN3O2S. The van der Waals surface area contributed by atoms with Crippen molar-refractivity contribution in [3.63, 3.8) is 0 Å². The number of hydrogen-bond acceptors (Lipinski definition) is 4. The van der Waals surface area contributed by atoms with Crippen LogP contribution >= 0.6 is 23.4 Å². The van der Waals surface area contributed by atoms with Gasteiger partial charge in [0.25, 0.3) is 0 Å². The Morgan fingerprint density at radius 1 is 1.35 bits per heavy atom. The molecule has 3 rings (SSSR count). The second-order valence-corrected chi connectivity index (χ2v) is 7.33. The molecule has 0 aromatic heterocycles. The van der Waals surface area contributed by atoms with Crippen LogP contribution in [-0.2, 0) is 9.59 Å². The molecule has 2 aromatic carbocycles. The molecule has 5 nitrogen and oxygen atoms in total. The van der Waals surface area contributed by atoms with Crippen LogP contribution in [0, 0.1) is 12.7 Å². The summed E-state index contributed by atoms with van der Waals surface area (Å²) in [6, 6.07) is 11.5. The van der Waals surface area contributed by atoms with Crippen molar-refractivity contribution in [2.24, 2.45) is 4.99 Å². The summed E-state index contributed by atoms with van der Waals surface area (Å²) in [5, 5.41) is 5.09. The molecule has 134 valence electrons. The minimum Gasteiger partial charge on any atom is -0.326 e. The van der Waals surface area contributed by atoms with E-state index in [1.807, 2.05) is 31.2 Å². The van der Waals surface area contributed by atoms with Gasteiger partial charge >= 0.3 is 0 Å². The first kappa shape index (κ1) is 18.4. The maximum atomic E-state index is 13.1. The van der Waals surface area contributed by atoms with Gasteiger partial charge in [-0.15, -0.1) is 0 Å². The smallest absolute Gasteiger partial charge is 0.240 e. The zero-order chi connectivity index (χ0) is 18.7. The third-order valence-corrected chi connectivity index (χ3v) is 4.95. The van der Waals surface area contributed by atoms with E-state index in [1.165, 1.54) is 30.0 Å². The van der Waals surface area contributed by atoms with Crippen molar-refractivity contribution in [1.82, 2.24) is 5.32 Å². The van der Waals surface area contributed by atoms with Gasteiger partial charge in [-0.1, -0.05) is 35.5 Å².